The van der Waals surface area contributed by atoms with Crippen LogP contribution in [0.15, 0.2) is 59.0 Å². The zero-order chi connectivity index (χ0) is 23.8. The summed E-state index contributed by atoms with van der Waals surface area (Å²) in [5.74, 6) is 1.80. The van der Waals surface area contributed by atoms with Crippen LogP contribution >= 0.6 is 0 Å². The zero-order valence-corrected chi connectivity index (χ0v) is 18.2. The van der Waals surface area contributed by atoms with E-state index in [0.717, 1.165) is 0 Å². The summed E-state index contributed by atoms with van der Waals surface area (Å²) >= 11 is 0. The number of anilines is 2. The molecule has 0 bridgehead atoms. The molecule has 0 spiro atoms. The molecule has 0 saturated heterocycles. The Kier molecular flexibility index (Phi) is 5.17. The number of nitrogen functional groups attached to an aromatic ring is 2. The lowest BCUT2D eigenvalue weighted by Crippen LogP contribution is -2.01. The van der Waals surface area contributed by atoms with E-state index in [1.807, 2.05) is 6.07 Å². The molecule has 170 valence electrons. The first-order valence-electron chi connectivity index (χ1n) is 10.2. The van der Waals surface area contributed by atoms with Crippen LogP contribution in [-0.2, 0) is 0 Å². The average Bonchev–Trinajstić information content (AvgIpc) is 3.26. The molecule has 0 aliphatic heterocycles. The van der Waals surface area contributed by atoms with E-state index in [1.54, 1.807) is 43.3 Å². The topological polar surface area (TPSA) is 135 Å². The van der Waals surface area contributed by atoms with Gasteiger partial charge in [0.2, 0.25) is 11.8 Å². The predicted molar refractivity (Wildman–Crippen MR) is 125 cm³/mol. The molecule has 0 amide bonds. The second kappa shape index (κ2) is 8.32. The maximum Gasteiger partial charge on any atom is 0.247 e. The van der Waals surface area contributed by atoms with E-state index in [2.05, 4.69) is 20.2 Å². The van der Waals surface area contributed by atoms with Gasteiger partial charge in [-0.3, -0.25) is 0 Å². The Morgan fingerprint density at radius 1 is 0.941 bits per heavy atom. The number of aromatic nitrogens is 4. The minimum atomic E-state index is -0.567. The molecule has 0 aliphatic carbocycles. The molecule has 3 aromatic carbocycles. The molecular weight excluding hydrogens is 439 g/mol. The number of benzene rings is 3. The second-order valence-corrected chi connectivity index (χ2v) is 7.44. The van der Waals surface area contributed by atoms with E-state index in [-0.39, 0.29) is 17.2 Å². The number of ether oxygens (including phenoxy) is 2. The highest BCUT2D eigenvalue weighted by Crippen LogP contribution is 2.33. The molecular formula is C24H19FN6O3. The van der Waals surface area contributed by atoms with Gasteiger partial charge in [0, 0.05) is 30.0 Å². The fraction of sp³-hybridized carbons (Fsp3) is 0.0833. The monoisotopic (exact) mass is 458 g/mol. The SMILES string of the molecule is COc1cc2nc(-c3ccc(Oc4cccc(-c5nnc(C)o5)c4)cc3F)nc(N)c2cc1N. The normalized spacial score (nSPS) is 11.0. The fourth-order valence-corrected chi connectivity index (χ4v) is 3.48. The number of hydrogen-bond acceptors (Lipinski definition) is 9. The Morgan fingerprint density at radius 3 is 2.50 bits per heavy atom. The average molecular weight is 458 g/mol. The van der Waals surface area contributed by atoms with Crippen LogP contribution < -0.4 is 20.9 Å². The van der Waals surface area contributed by atoms with Crippen LogP contribution in [0.2, 0.25) is 0 Å². The molecule has 5 aromatic rings. The smallest absolute Gasteiger partial charge is 0.247 e. The van der Waals surface area contributed by atoms with Gasteiger partial charge >= 0.3 is 0 Å². The molecule has 4 N–H and O–H groups in total. The molecule has 34 heavy (non-hydrogen) atoms. The van der Waals surface area contributed by atoms with Crippen molar-refractivity contribution in [3.63, 3.8) is 0 Å². The van der Waals surface area contributed by atoms with Gasteiger partial charge in [0.05, 0.1) is 23.9 Å². The minimum Gasteiger partial charge on any atom is -0.495 e. The Morgan fingerprint density at radius 2 is 1.76 bits per heavy atom. The minimum absolute atomic E-state index is 0.134. The molecule has 0 fully saturated rings. The lowest BCUT2D eigenvalue weighted by molar-refractivity contribution is 0.417. The van der Waals surface area contributed by atoms with Crippen molar-refractivity contribution in [3.05, 3.63) is 66.3 Å². The summed E-state index contributed by atoms with van der Waals surface area (Å²) in [4.78, 5) is 8.70. The molecule has 0 unspecified atom stereocenters. The molecule has 0 radical (unpaired) electrons. The molecule has 0 atom stereocenters. The van der Waals surface area contributed by atoms with Crippen molar-refractivity contribution in [3.8, 4) is 40.1 Å². The van der Waals surface area contributed by atoms with Gasteiger partial charge < -0.3 is 25.4 Å². The molecule has 0 saturated carbocycles. The molecule has 5 rings (SSSR count). The van der Waals surface area contributed by atoms with E-state index in [4.69, 9.17) is 25.4 Å². The maximum absolute atomic E-state index is 15.0. The highest BCUT2D eigenvalue weighted by atomic mass is 19.1. The summed E-state index contributed by atoms with van der Waals surface area (Å²) in [6, 6.07) is 14.7. The Hall–Kier alpha value is -4.73. The van der Waals surface area contributed by atoms with Crippen molar-refractivity contribution in [2.75, 3.05) is 18.6 Å². The number of fused-ring (bicyclic) bond motifs is 1. The molecule has 9 nitrogen and oxygen atoms in total. The van der Waals surface area contributed by atoms with Crippen molar-refractivity contribution in [1.29, 1.82) is 0 Å². The van der Waals surface area contributed by atoms with Crippen LogP contribution in [-0.4, -0.2) is 27.3 Å². The number of aryl methyl sites for hydroxylation is 1. The molecule has 0 aliphatic rings. The van der Waals surface area contributed by atoms with Gasteiger partial charge in [0.25, 0.3) is 0 Å². The summed E-state index contributed by atoms with van der Waals surface area (Å²) in [5.41, 5.74) is 13.8. The molecule has 10 heteroatoms. The summed E-state index contributed by atoms with van der Waals surface area (Å²) in [7, 11) is 1.50. The second-order valence-electron chi connectivity index (χ2n) is 7.44. The first kappa shape index (κ1) is 21.1. The molecule has 2 heterocycles. The van der Waals surface area contributed by atoms with E-state index in [1.165, 1.54) is 19.2 Å². The van der Waals surface area contributed by atoms with Crippen LogP contribution in [0.5, 0.6) is 17.2 Å². The number of hydrogen-bond donors (Lipinski definition) is 2. The number of halogens is 1. The van der Waals surface area contributed by atoms with Crippen LogP contribution in [0, 0.1) is 12.7 Å². The van der Waals surface area contributed by atoms with E-state index in [0.29, 0.717) is 51.2 Å². The summed E-state index contributed by atoms with van der Waals surface area (Å²) in [6.45, 7) is 1.71. The summed E-state index contributed by atoms with van der Waals surface area (Å²) < 4.78 is 31.6. The molecule has 2 aromatic heterocycles. The third-order valence-electron chi connectivity index (χ3n) is 5.10. The van der Waals surface area contributed by atoms with Crippen LogP contribution in [0.3, 0.4) is 0 Å². The zero-order valence-electron chi connectivity index (χ0n) is 18.2. The third kappa shape index (κ3) is 3.92. The van der Waals surface area contributed by atoms with Crippen molar-refractivity contribution < 1.29 is 18.3 Å². The van der Waals surface area contributed by atoms with Crippen molar-refractivity contribution in [1.82, 2.24) is 20.2 Å². The van der Waals surface area contributed by atoms with E-state index < -0.39 is 5.82 Å². The van der Waals surface area contributed by atoms with Gasteiger partial charge in [0.1, 0.15) is 28.9 Å². The van der Waals surface area contributed by atoms with Crippen LogP contribution in [0.25, 0.3) is 33.7 Å². The van der Waals surface area contributed by atoms with Gasteiger partial charge in [-0.2, -0.15) is 0 Å². The number of methoxy groups -OCH3 is 1. The maximum atomic E-state index is 15.0. The van der Waals surface area contributed by atoms with Crippen molar-refractivity contribution >= 4 is 22.4 Å². The Bertz CT molecular complexity index is 1540. The Balaban J connectivity index is 1.45. The van der Waals surface area contributed by atoms with Crippen molar-refractivity contribution in [2.45, 2.75) is 6.92 Å². The first-order valence-corrected chi connectivity index (χ1v) is 10.2. The van der Waals surface area contributed by atoms with Crippen molar-refractivity contribution in [2.24, 2.45) is 0 Å². The predicted octanol–water partition coefficient (Wildman–Crippen LogP) is 4.76. The quantitative estimate of drug-likeness (QED) is 0.357. The lowest BCUT2D eigenvalue weighted by Gasteiger charge is -2.11. The highest BCUT2D eigenvalue weighted by Gasteiger charge is 2.15. The summed E-state index contributed by atoms with van der Waals surface area (Å²) in [6.07, 6.45) is 0. The van der Waals surface area contributed by atoms with Crippen LogP contribution in [0.1, 0.15) is 5.89 Å². The first-order chi connectivity index (χ1) is 16.4. The van der Waals surface area contributed by atoms with Gasteiger partial charge in [-0.25, -0.2) is 14.4 Å². The number of nitrogens with two attached hydrogens (primary N) is 2. The third-order valence-corrected chi connectivity index (χ3v) is 5.10. The largest absolute Gasteiger partial charge is 0.495 e. The highest BCUT2D eigenvalue weighted by molar-refractivity contribution is 5.93. The summed E-state index contributed by atoms with van der Waals surface area (Å²) in [5, 5.41) is 8.38. The van der Waals surface area contributed by atoms with Gasteiger partial charge in [-0.05, 0) is 36.4 Å². The number of rotatable bonds is 5. The fourth-order valence-electron chi connectivity index (χ4n) is 3.48. The lowest BCUT2D eigenvalue weighted by atomic mass is 10.1. The number of nitrogens with zero attached hydrogens (tertiary/aromatic N) is 4. The van der Waals surface area contributed by atoms with E-state index >= 15 is 4.39 Å². The van der Waals surface area contributed by atoms with Gasteiger partial charge in [-0.15, -0.1) is 10.2 Å². The standard InChI is InChI=1S/C24H19FN6O3/c1-12-30-31-24(33-12)13-4-3-5-14(8-13)34-15-6-7-16(18(25)9-15)23-28-20-11-21(32-2)19(26)10-17(20)22(27)29-23/h3-11H,26H2,1-2H3,(H2,27,28,29). The van der Waals surface area contributed by atoms with Gasteiger partial charge in [0.15, 0.2) is 5.82 Å². The van der Waals surface area contributed by atoms with Gasteiger partial charge in [-0.1, -0.05) is 6.07 Å². The Labute approximate surface area is 193 Å². The van der Waals surface area contributed by atoms with E-state index in [9.17, 15) is 0 Å². The van der Waals surface area contributed by atoms with Crippen LogP contribution in [0.4, 0.5) is 15.9 Å².